The lowest BCUT2D eigenvalue weighted by molar-refractivity contribution is 0.0600. The summed E-state index contributed by atoms with van der Waals surface area (Å²) >= 11 is 5.93. The smallest absolute Gasteiger partial charge is 0.339 e. The summed E-state index contributed by atoms with van der Waals surface area (Å²) in [4.78, 5) is 23.8. The highest BCUT2D eigenvalue weighted by Gasteiger charge is 2.06. The van der Waals surface area contributed by atoms with E-state index in [0.29, 0.717) is 40.5 Å². The van der Waals surface area contributed by atoms with E-state index in [4.69, 9.17) is 16.3 Å². The summed E-state index contributed by atoms with van der Waals surface area (Å²) in [7, 11) is 1.33. The van der Waals surface area contributed by atoms with Crippen molar-refractivity contribution in [2.24, 2.45) is 0 Å². The van der Waals surface area contributed by atoms with Gasteiger partial charge >= 0.3 is 5.97 Å². The molecule has 0 fully saturated rings. The molecule has 7 nitrogen and oxygen atoms in total. The first-order valence-corrected chi connectivity index (χ1v) is 8.97. The molecule has 8 heteroatoms. The van der Waals surface area contributed by atoms with E-state index < -0.39 is 5.97 Å². The van der Waals surface area contributed by atoms with Crippen molar-refractivity contribution in [3.05, 3.63) is 70.8 Å². The van der Waals surface area contributed by atoms with Gasteiger partial charge in [-0.3, -0.25) is 0 Å². The number of hydrogen-bond donors (Lipinski definition) is 1. The highest BCUT2D eigenvalue weighted by molar-refractivity contribution is 6.29. The lowest BCUT2D eigenvalue weighted by atomic mass is 10.1. The number of benzene rings is 1. The average Bonchev–Trinajstić information content (AvgIpc) is 2.68. The predicted octanol–water partition coefficient (Wildman–Crippen LogP) is 4.07. The molecule has 0 atom stereocenters. The van der Waals surface area contributed by atoms with Crippen molar-refractivity contribution in [3.8, 4) is 11.6 Å². The van der Waals surface area contributed by atoms with Crippen molar-refractivity contribution in [1.29, 1.82) is 0 Å². The quantitative estimate of drug-likeness (QED) is 0.474. The number of ether oxygens (including phenoxy) is 2. The molecule has 3 aromatic rings. The Bertz CT molecular complexity index is 926. The van der Waals surface area contributed by atoms with E-state index in [9.17, 15) is 4.79 Å². The maximum absolute atomic E-state index is 11.4. The SMILES string of the molecule is COC(=O)c1ccc(Oc2ccc(CCNc3cc(Cl)nc(C)n3)cc2)nc1. The second-order valence-electron chi connectivity index (χ2n) is 5.92. The standard InChI is InChI=1S/C20H19ClN4O3/c1-13-24-17(21)11-18(25-13)22-10-9-14-3-6-16(7-4-14)28-19-8-5-15(12-23-19)20(26)27-2/h3-8,11-12H,9-10H2,1-2H3,(H,22,24,25). The predicted molar refractivity (Wildman–Crippen MR) is 106 cm³/mol. The first-order valence-electron chi connectivity index (χ1n) is 8.60. The Morgan fingerprint density at radius 1 is 1.14 bits per heavy atom. The second kappa shape index (κ2) is 9.14. The normalized spacial score (nSPS) is 10.4. The van der Waals surface area contributed by atoms with Crippen molar-refractivity contribution in [1.82, 2.24) is 15.0 Å². The fourth-order valence-electron chi connectivity index (χ4n) is 2.48. The number of nitrogens with one attached hydrogen (secondary N) is 1. The fraction of sp³-hybridized carbons (Fsp3) is 0.200. The first kappa shape index (κ1) is 19.6. The molecule has 1 aromatic carbocycles. The minimum Gasteiger partial charge on any atom is -0.465 e. The van der Waals surface area contributed by atoms with Gasteiger partial charge in [0.2, 0.25) is 5.88 Å². The van der Waals surface area contributed by atoms with Gasteiger partial charge in [-0.25, -0.2) is 19.7 Å². The van der Waals surface area contributed by atoms with Crippen LogP contribution in [0.2, 0.25) is 5.15 Å². The van der Waals surface area contributed by atoms with Crippen LogP contribution in [0.25, 0.3) is 0 Å². The summed E-state index contributed by atoms with van der Waals surface area (Å²) in [6.07, 6.45) is 2.23. The second-order valence-corrected chi connectivity index (χ2v) is 6.31. The minimum absolute atomic E-state index is 0.373. The van der Waals surface area contributed by atoms with Crippen LogP contribution in [0.15, 0.2) is 48.7 Å². The molecule has 2 heterocycles. The number of nitrogens with zero attached hydrogens (tertiary/aromatic N) is 3. The maximum atomic E-state index is 11.4. The number of anilines is 1. The molecule has 3 rings (SSSR count). The van der Waals surface area contributed by atoms with Gasteiger partial charge in [-0.2, -0.15) is 0 Å². The van der Waals surface area contributed by atoms with E-state index in [0.717, 1.165) is 12.0 Å². The summed E-state index contributed by atoms with van der Waals surface area (Å²) in [5.74, 6) is 1.96. The van der Waals surface area contributed by atoms with E-state index >= 15 is 0 Å². The van der Waals surface area contributed by atoms with Gasteiger partial charge in [0.05, 0.1) is 12.7 Å². The number of aromatic nitrogens is 3. The van der Waals surface area contributed by atoms with Crippen LogP contribution in [-0.4, -0.2) is 34.6 Å². The highest BCUT2D eigenvalue weighted by Crippen LogP contribution is 2.20. The van der Waals surface area contributed by atoms with Gasteiger partial charge in [-0.15, -0.1) is 0 Å². The largest absolute Gasteiger partial charge is 0.465 e. The number of rotatable bonds is 7. The Hall–Kier alpha value is -3.19. The third-order valence-electron chi connectivity index (χ3n) is 3.83. The van der Waals surface area contributed by atoms with Gasteiger partial charge in [0, 0.05) is 24.9 Å². The number of pyridine rings is 1. The number of carbonyl (C=O) groups is 1. The molecule has 0 aliphatic rings. The van der Waals surface area contributed by atoms with Crippen LogP contribution in [0, 0.1) is 6.92 Å². The van der Waals surface area contributed by atoms with E-state index in [1.54, 1.807) is 25.1 Å². The Labute approximate surface area is 167 Å². The molecule has 2 aromatic heterocycles. The number of carbonyl (C=O) groups excluding carboxylic acids is 1. The lowest BCUT2D eigenvalue weighted by Crippen LogP contribution is -2.07. The van der Waals surface area contributed by atoms with Crippen molar-refractivity contribution < 1.29 is 14.3 Å². The molecular weight excluding hydrogens is 380 g/mol. The summed E-state index contributed by atoms with van der Waals surface area (Å²) in [6.45, 7) is 2.51. The summed E-state index contributed by atoms with van der Waals surface area (Å²) in [5, 5.41) is 3.65. The van der Waals surface area contributed by atoms with Crippen LogP contribution in [0.1, 0.15) is 21.7 Å². The Kier molecular flexibility index (Phi) is 6.39. The van der Waals surface area contributed by atoms with Crippen molar-refractivity contribution >= 4 is 23.4 Å². The van der Waals surface area contributed by atoms with Gasteiger partial charge in [0.15, 0.2) is 0 Å². The highest BCUT2D eigenvalue weighted by atomic mass is 35.5. The van der Waals surface area contributed by atoms with E-state index in [2.05, 4.69) is 25.0 Å². The Morgan fingerprint density at radius 3 is 2.57 bits per heavy atom. The fourth-order valence-corrected chi connectivity index (χ4v) is 2.71. The number of halogens is 1. The molecule has 28 heavy (non-hydrogen) atoms. The third-order valence-corrected chi connectivity index (χ3v) is 4.02. The molecule has 0 saturated carbocycles. The molecule has 0 radical (unpaired) electrons. The molecule has 0 bridgehead atoms. The zero-order valence-electron chi connectivity index (χ0n) is 15.5. The summed E-state index contributed by atoms with van der Waals surface area (Å²) in [6, 6.07) is 12.6. The average molecular weight is 399 g/mol. The van der Waals surface area contributed by atoms with Gasteiger partial charge in [-0.1, -0.05) is 23.7 Å². The van der Waals surface area contributed by atoms with Gasteiger partial charge in [0.25, 0.3) is 0 Å². The molecule has 0 unspecified atom stereocenters. The maximum Gasteiger partial charge on any atom is 0.339 e. The van der Waals surface area contributed by atoms with Crippen LogP contribution >= 0.6 is 11.6 Å². The van der Waals surface area contributed by atoms with Crippen LogP contribution < -0.4 is 10.1 Å². The van der Waals surface area contributed by atoms with Crippen molar-refractivity contribution in [2.45, 2.75) is 13.3 Å². The Balaban J connectivity index is 1.52. The number of aryl methyl sites for hydroxylation is 1. The molecule has 144 valence electrons. The van der Waals surface area contributed by atoms with Gasteiger partial charge in [0.1, 0.15) is 22.5 Å². The van der Waals surface area contributed by atoms with Crippen LogP contribution in [0.4, 0.5) is 5.82 Å². The van der Waals surface area contributed by atoms with Gasteiger partial charge in [-0.05, 0) is 37.1 Å². The number of esters is 1. The van der Waals surface area contributed by atoms with Crippen molar-refractivity contribution in [3.63, 3.8) is 0 Å². The Morgan fingerprint density at radius 2 is 1.93 bits per heavy atom. The monoisotopic (exact) mass is 398 g/mol. The molecule has 0 saturated heterocycles. The minimum atomic E-state index is -0.434. The molecule has 0 aliphatic heterocycles. The lowest BCUT2D eigenvalue weighted by Gasteiger charge is -2.08. The van der Waals surface area contributed by atoms with Crippen LogP contribution in [0.3, 0.4) is 0 Å². The summed E-state index contributed by atoms with van der Waals surface area (Å²) in [5.41, 5.74) is 1.52. The molecule has 1 N–H and O–H groups in total. The molecule has 0 amide bonds. The third kappa shape index (κ3) is 5.40. The number of methoxy groups -OCH3 is 1. The molecular formula is C20H19ClN4O3. The number of hydrogen-bond acceptors (Lipinski definition) is 7. The topological polar surface area (TPSA) is 86.2 Å². The van der Waals surface area contributed by atoms with Gasteiger partial charge < -0.3 is 14.8 Å². The zero-order chi connectivity index (χ0) is 19.9. The van der Waals surface area contributed by atoms with Crippen molar-refractivity contribution in [2.75, 3.05) is 19.0 Å². The van der Waals surface area contributed by atoms with E-state index in [-0.39, 0.29) is 0 Å². The van der Waals surface area contributed by atoms with E-state index in [1.165, 1.54) is 13.3 Å². The molecule has 0 aliphatic carbocycles. The summed E-state index contributed by atoms with van der Waals surface area (Å²) < 4.78 is 10.3. The van der Waals surface area contributed by atoms with E-state index in [1.807, 2.05) is 24.3 Å². The zero-order valence-corrected chi connectivity index (χ0v) is 16.2. The first-order chi connectivity index (χ1) is 13.5. The van der Waals surface area contributed by atoms with Crippen LogP contribution in [0.5, 0.6) is 11.6 Å². The molecule has 0 spiro atoms. The van der Waals surface area contributed by atoms with Crippen LogP contribution in [-0.2, 0) is 11.2 Å².